The molecular weight excluding hydrogens is 289 g/mol. The zero-order chi connectivity index (χ0) is 12.3. The van der Waals surface area contributed by atoms with Crippen molar-refractivity contribution in [2.45, 2.75) is 26.3 Å². The van der Waals surface area contributed by atoms with Crippen LogP contribution >= 0.6 is 15.9 Å². The Morgan fingerprint density at radius 3 is 2.31 bits per heavy atom. The number of ether oxygens (including phenoxy) is 2. The number of benzene rings is 1. The van der Waals surface area contributed by atoms with Gasteiger partial charge in [-0.15, -0.1) is 13.2 Å². The highest BCUT2D eigenvalue weighted by Gasteiger charge is 2.31. The van der Waals surface area contributed by atoms with Crippen molar-refractivity contribution in [1.82, 2.24) is 0 Å². The molecule has 0 aliphatic carbocycles. The molecule has 0 saturated carbocycles. The van der Waals surface area contributed by atoms with Crippen LogP contribution in [0.15, 0.2) is 22.7 Å². The van der Waals surface area contributed by atoms with Crippen LogP contribution in [-0.4, -0.2) is 12.5 Å². The van der Waals surface area contributed by atoms with Crippen molar-refractivity contribution in [1.29, 1.82) is 0 Å². The summed E-state index contributed by atoms with van der Waals surface area (Å²) in [6.07, 6.45) is -4.73. The van der Waals surface area contributed by atoms with Gasteiger partial charge in [0.2, 0.25) is 0 Å². The van der Waals surface area contributed by atoms with E-state index < -0.39 is 6.36 Å². The molecule has 1 aromatic rings. The molecule has 0 aliphatic rings. The molecule has 0 saturated heterocycles. The van der Waals surface area contributed by atoms with Crippen molar-refractivity contribution in [2.75, 3.05) is 0 Å². The van der Waals surface area contributed by atoms with Gasteiger partial charge in [0.25, 0.3) is 0 Å². The van der Waals surface area contributed by atoms with Crippen molar-refractivity contribution in [3.63, 3.8) is 0 Å². The van der Waals surface area contributed by atoms with E-state index in [9.17, 15) is 13.2 Å². The van der Waals surface area contributed by atoms with Gasteiger partial charge < -0.3 is 9.47 Å². The molecule has 0 bridgehead atoms. The lowest BCUT2D eigenvalue weighted by Crippen LogP contribution is -2.17. The van der Waals surface area contributed by atoms with Gasteiger partial charge in [-0.25, -0.2) is 0 Å². The predicted octanol–water partition coefficient (Wildman–Crippen LogP) is 4.13. The average Bonchev–Trinajstić information content (AvgIpc) is 2.06. The third-order valence-electron chi connectivity index (χ3n) is 1.50. The number of hydrogen-bond acceptors (Lipinski definition) is 2. The third-order valence-corrected chi connectivity index (χ3v) is 2.12. The maximum Gasteiger partial charge on any atom is 0.573 e. The van der Waals surface area contributed by atoms with Crippen molar-refractivity contribution in [3.05, 3.63) is 22.7 Å². The monoisotopic (exact) mass is 298 g/mol. The van der Waals surface area contributed by atoms with E-state index in [2.05, 4.69) is 20.7 Å². The van der Waals surface area contributed by atoms with Crippen molar-refractivity contribution < 1.29 is 22.6 Å². The van der Waals surface area contributed by atoms with E-state index in [0.717, 1.165) is 0 Å². The average molecular weight is 299 g/mol. The molecule has 0 fully saturated rings. The van der Waals surface area contributed by atoms with Crippen LogP contribution in [0.3, 0.4) is 0 Å². The second-order valence-corrected chi connectivity index (χ2v) is 4.16. The Morgan fingerprint density at radius 2 is 1.88 bits per heavy atom. The van der Waals surface area contributed by atoms with E-state index >= 15 is 0 Å². The highest BCUT2D eigenvalue weighted by atomic mass is 79.9. The van der Waals surface area contributed by atoms with Crippen LogP contribution in [0, 0.1) is 0 Å². The highest BCUT2D eigenvalue weighted by Crippen LogP contribution is 2.33. The molecule has 0 N–H and O–H groups in total. The zero-order valence-electron chi connectivity index (χ0n) is 8.64. The number of rotatable bonds is 3. The summed E-state index contributed by atoms with van der Waals surface area (Å²) in [7, 11) is 0. The van der Waals surface area contributed by atoms with Gasteiger partial charge in [0.1, 0.15) is 11.5 Å². The molecule has 0 heterocycles. The summed E-state index contributed by atoms with van der Waals surface area (Å²) in [5.41, 5.74) is 0. The van der Waals surface area contributed by atoms with E-state index in [1.807, 2.05) is 13.8 Å². The Labute approximate surface area is 99.5 Å². The summed E-state index contributed by atoms with van der Waals surface area (Å²) in [4.78, 5) is 0. The fourth-order valence-electron chi connectivity index (χ4n) is 1.03. The summed E-state index contributed by atoms with van der Waals surface area (Å²) in [5, 5.41) is 0. The minimum Gasteiger partial charge on any atom is -0.491 e. The molecule has 90 valence electrons. The lowest BCUT2D eigenvalue weighted by Gasteiger charge is -2.13. The van der Waals surface area contributed by atoms with Gasteiger partial charge in [0.15, 0.2) is 0 Å². The Balaban J connectivity index is 2.83. The first-order valence-electron chi connectivity index (χ1n) is 4.50. The first-order chi connectivity index (χ1) is 7.28. The minimum absolute atomic E-state index is 0.0405. The number of hydrogen-bond donors (Lipinski definition) is 0. The first-order valence-corrected chi connectivity index (χ1v) is 5.29. The van der Waals surface area contributed by atoms with E-state index in [-0.39, 0.29) is 16.3 Å². The SMILES string of the molecule is CC(C)Oc1ccc(OC(F)(F)F)c(Br)c1. The Morgan fingerprint density at radius 1 is 1.25 bits per heavy atom. The summed E-state index contributed by atoms with van der Waals surface area (Å²) in [6.45, 7) is 3.65. The van der Waals surface area contributed by atoms with Crippen LogP contribution in [-0.2, 0) is 0 Å². The van der Waals surface area contributed by atoms with Gasteiger partial charge in [-0.3, -0.25) is 0 Å². The smallest absolute Gasteiger partial charge is 0.491 e. The molecule has 0 amide bonds. The van der Waals surface area contributed by atoms with E-state index in [1.54, 1.807) is 0 Å². The van der Waals surface area contributed by atoms with Crippen LogP contribution in [0.5, 0.6) is 11.5 Å². The van der Waals surface area contributed by atoms with Gasteiger partial charge in [0.05, 0.1) is 10.6 Å². The molecule has 0 unspecified atom stereocenters. The van der Waals surface area contributed by atoms with Gasteiger partial charge in [0, 0.05) is 0 Å². The molecule has 6 heteroatoms. The van der Waals surface area contributed by atoms with Crippen LogP contribution in [0.25, 0.3) is 0 Å². The predicted molar refractivity (Wildman–Crippen MR) is 56.6 cm³/mol. The first kappa shape index (κ1) is 13.2. The van der Waals surface area contributed by atoms with Gasteiger partial charge >= 0.3 is 6.36 Å². The molecule has 0 radical (unpaired) electrons. The molecular formula is C10H10BrF3O2. The van der Waals surface area contributed by atoms with E-state index in [0.29, 0.717) is 5.75 Å². The van der Waals surface area contributed by atoms with Crippen molar-refractivity contribution >= 4 is 15.9 Å². The van der Waals surface area contributed by atoms with Crippen LogP contribution < -0.4 is 9.47 Å². The topological polar surface area (TPSA) is 18.5 Å². The largest absolute Gasteiger partial charge is 0.573 e. The van der Waals surface area contributed by atoms with Crippen molar-refractivity contribution in [2.24, 2.45) is 0 Å². The Bertz CT molecular complexity index is 364. The second kappa shape index (κ2) is 4.95. The van der Waals surface area contributed by atoms with E-state index in [4.69, 9.17) is 4.74 Å². The quantitative estimate of drug-likeness (QED) is 0.835. The fraction of sp³-hybridized carbons (Fsp3) is 0.400. The minimum atomic E-state index is -4.69. The maximum atomic E-state index is 12.0. The van der Waals surface area contributed by atoms with Crippen LogP contribution in [0.4, 0.5) is 13.2 Å². The van der Waals surface area contributed by atoms with Gasteiger partial charge in [-0.05, 0) is 48.0 Å². The fourth-order valence-corrected chi connectivity index (χ4v) is 1.47. The molecule has 0 aromatic heterocycles. The third kappa shape index (κ3) is 4.30. The summed E-state index contributed by atoms with van der Waals surface area (Å²) >= 11 is 2.98. The number of halogens is 4. The summed E-state index contributed by atoms with van der Waals surface area (Å²) in [6, 6.07) is 4.06. The molecule has 0 atom stereocenters. The normalized spacial score (nSPS) is 11.7. The highest BCUT2D eigenvalue weighted by molar-refractivity contribution is 9.10. The lowest BCUT2D eigenvalue weighted by molar-refractivity contribution is -0.274. The van der Waals surface area contributed by atoms with Gasteiger partial charge in [-0.2, -0.15) is 0 Å². The lowest BCUT2D eigenvalue weighted by atomic mass is 10.3. The zero-order valence-corrected chi connectivity index (χ0v) is 10.2. The Kier molecular flexibility index (Phi) is 4.07. The summed E-state index contributed by atoms with van der Waals surface area (Å²) in [5.74, 6) is 0.194. The standard InChI is InChI=1S/C10H10BrF3O2/c1-6(2)15-7-3-4-9(8(11)5-7)16-10(12,13)14/h3-6H,1-2H3. The maximum absolute atomic E-state index is 12.0. The van der Waals surface area contributed by atoms with E-state index in [1.165, 1.54) is 18.2 Å². The molecule has 1 rings (SSSR count). The second-order valence-electron chi connectivity index (χ2n) is 3.31. The van der Waals surface area contributed by atoms with Gasteiger partial charge in [-0.1, -0.05) is 0 Å². The number of alkyl halides is 3. The van der Waals surface area contributed by atoms with Crippen LogP contribution in [0.2, 0.25) is 0 Å². The van der Waals surface area contributed by atoms with Crippen LogP contribution in [0.1, 0.15) is 13.8 Å². The Hall–Kier alpha value is -0.910. The molecule has 0 aliphatic heterocycles. The summed E-state index contributed by atoms with van der Waals surface area (Å²) < 4.78 is 45.2. The van der Waals surface area contributed by atoms with Crippen molar-refractivity contribution in [3.8, 4) is 11.5 Å². The molecule has 1 aromatic carbocycles. The molecule has 2 nitrogen and oxygen atoms in total. The molecule has 16 heavy (non-hydrogen) atoms. The molecule has 0 spiro atoms.